The third kappa shape index (κ3) is 3.08. The summed E-state index contributed by atoms with van der Waals surface area (Å²) in [6.45, 7) is 5.33. The predicted octanol–water partition coefficient (Wildman–Crippen LogP) is 2.20. The minimum atomic E-state index is -3.65. The Kier molecular flexibility index (Phi) is 3.53. The Bertz CT molecular complexity index is 691. The van der Waals surface area contributed by atoms with Crippen molar-refractivity contribution >= 4 is 16.0 Å². The molecule has 0 atom stereocenters. The van der Waals surface area contributed by atoms with E-state index in [4.69, 9.17) is 0 Å². The topological polar surface area (TPSA) is 72.0 Å². The summed E-state index contributed by atoms with van der Waals surface area (Å²) in [5.41, 5.74) is 2.12. The van der Waals surface area contributed by atoms with E-state index in [-0.39, 0.29) is 10.8 Å². The summed E-state index contributed by atoms with van der Waals surface area (Å²) >= 11 is 0. The fourth-order valence-electron chi connectivity index (χ4n) is 1.80. The SMILES string of the molecule is Cc1cc(C)nc(NS(=O)(=O)c2ccccc2C)n1. The van der Waals surface area contributed by atoms with Crippen molar-refractivity contribution in [2.45, 2.75) is 25.7 Å². The van der Waals surface area contributed by atoms with E-state index in [1.165, 1.54) is 0 Å². The maximum Gasteiger partial charge on any atom is 0.264 e. The van der Waals surface area contributed by atoms with Gasteiger partial charge in [0.2, 0.25) is 5.95 Å². The largest absolute Gasteiger partial charge is 0.264 e. The van der Waals surface area contributed by atoms with Crippen molar-refractivity contribution in [2.24, 2.45) is 0 Å². The molecule has 0 spiro atoms. The first kappa shape index (κ1) is 13.5. The number of nitrogens with zero attached hydrogens (tertiary/aromatic N) is 2. The average molecular weight is 277 g/mol. The number of aromatic nitrogens is 2. The number of sulfonamides is 1. The van der Waals surface area contributed by atoms with Crippen LogP contribution < -0.4 is 4.72 Å². The van der Waals surface area contributed by atoms with Crippen molar-refractivity contribution in [3.8, 4) is 0 Å². The minimum absolute atomic E-state index is 0.0979. The molecule has 0 unspecified atom stereocenters. The zero-order chi connectivity index (χ0) is 14.0. The van der Waals surface area contributed by atoms with E-state index in [2.05, 4.69) is 14.7 Å². The molecule has 0 aliphatic rings. The Balaban J connectivity index is 2.39. The Morgan fingerprint density at radius 1 is 1.00 bits per heavy atom. The van der Waals surface area contributed by atoms with Gasteiger partial charge < -0.3 is 0 Å². The second-order valence-electron chi connectivity index (χ2n) is 4.35. The summed E-state index contributed by atoms with van der Waals surface area (Å²) < 4.78 is 26.9. The molecule has 0 radical (unpaired) electrons. The van der Waals surface area contributed by atoms with Crippen LogP contribution in [0.5, 0.6) is 0 Å². The van der Waals surface area contributed by atoms with Crippen molar-refractivity contribution in [1.82, 2.24) is 9.97 Å². The number of rotatable bonds is 3. The summed E-state index contributed by atoms with van der Waals surface area (Å²) in [7, 11) is -3.65. The smallest absolute Gasteiger partial charge is 0.247 e. The number of hydrogen-bond acceptors (Lipinski definition) is 4. The standard InChI is InChI=1S/C13H15N3O2S/c1-9-6-4-5-7-12(9)19(17,18)16-13-14-10(2)8-11(3)15-13/h4-8H,1-3H3,(H,14,15,16). The Morgan fingerprint density at radius 2 is 1.58 bits per heavy atom. The number of aryl methyl sites for hydroxylation is 3. The lowest BCUT2D eigenvalue weighted by atomic mass is 10.2. The number of benzene rings is 1. The Morgan fingerprint density at radius 3 is 2.16 bits per heavy atom. The van der Waals surface area contributed by atoms with Crippen LogP contribution in [0.25, 0.3) is 0 Å². The lowest BCUT2D eigenvalue weighted by Gasteiger charge is -2.09. The quantitative estimate of drug-likeness (QED) is 0.933. The van der Waals surface area contributed by atoms with Crippen LogP contribution in [0.1, 0.15) is 17.0 Å². The van der Waals surface area contributed by atoms with E-state index in [0.717, 1.165) is 11.4 Å². The van der Waals surface area contributed by atoms with Crippen LogP contribution in [0, 0.1) is 20.8 Å². The summed E-state index contributed by atoms with van der Waals surface area (Å²) in [4.78, 5) is 8.38. The van der Waals surface area contributed by atoms with Crippen LogP contribution in [0.3, 0.4) is 0 Å². The van der Waals surface area contributed by atoms with Crippen LogP contribution >= 0.6 is 0 Å². The van der Waals surface area contributed by atoms with Gasteiger partial charge in [-0.3, -0.25) is 0 Å². The van der Waals surface area contributed by atoms with Crippen molar-refractivity contribution in [2.75, 3.05) is 4.72 Å². The third-order valence-electron chi connectivity index (χ3n) is 2.59. The second kappa shape index (κ2) is 4.97. The second-order valence-corrected chi connectivity index (χ2v) is 6.00. The molecular weight excluding hydrogens is 262 g/mol. The molecule has 2 rings (SSSR count). The highest BCUT2D eigenvalue weighted by atomic mass is 32.2. The van der Waals surface area contributed by atoms with E-state index in [9.17, 15) is 8.42 Å². The van der Waals surface area contributed by atoms with Gasteiger partial charge in [0, 0.05) is 11.4 Å². The summed E-state index contributed by atoms with van der Waals surface area (Å²) in [5, 5.41) is 0. The van der Waals surface area contributed by atoms with Crippen molar-refractivity contribution in [1.29, 1.82) is 0 Å². The number of nitrogens with one attached hydrogen (secondary N) is 1. The molecule has 0 amide bonds. The van der Waals surface area contributed by atoms with Gasteiger partial charge >= 0.3 is 0 Å². The van der Waals surface area contributed by atoms with Gasteiger partial charge in [-0.25, -0.2) is 23.1 Å². The molecule has 0 fully saturated rings. The van der Waals surface area contributed by atoms with Crippen molar-refractivity contribution in [3.05, 3.63) is 47.3 Å². The zero-order valence-corrected chi connectivity index (χ0v) is 11.8. The van der Waals surface area contributed by atoms with Gasteiger partial charge in [-0.05, 0) is 38.5 Å². The first-order valence-electron chi connectivity index (χ1n) is 5.79. The molecule has 1 aromatic carbocycles. The van der Waals surface area contributed by atoms with Gasteiger partial charge in [0.05, 0.1) is 4.90 Å². The number of hydrogen-bond donors (Lipinski definition) is 1. The number of anilines is 1. The summed E-state index contributed by atoms with van der Waals surface area (Å²) in [6.07, 6.45) is 0. The van der Waals surface area contributed by atoms with Crippen LogP contribution in [0.4, 0.5) is 5.95 Å². The van der Waals surface area contributed by atoms with Crippen molar-refractivity contribution < 1.29 is 8.42 Å². The normalized spacial score (nSPS) is 11.3. The highest BCUT2D eigenvalue weighted by molar-refractivity contribution is 7.92. The molecular formula is C13H15N3O2S. The van der Waals surface area contributed by atoms with Gasteiger partial charge in [-0.15, -0.1) is 0 Å². The van der Waals surface area contributed by atoms with E-state index < -0.39 is 10.0 Å². The van der Waals surface area contributed by atoms with Crippen LogP contribution in [0.2, 0.25) is 0 Å². The molecule has 0 aliphatic heterocycles. The predicted molar refractivity (Wildman–Crippen MR) is 73.5 cm³/mol. The van der Waals surface area contributed by atoms with E-state index in [0.29, 0.717) is 5.56 Å². The van der Waals surface area contributed by atoms with E-state index >= 15 is 0 Å². The van der Waals surface area contributed by atoms with Gasteiger partial charge in [0.1, 0.15) is 0 Å². The molecule has 2 aromatic rings. The molecule has 100 valence electrons. The average Bonchev–Trinajstić information content (AvgIpc) is 2.26. The van der Waals surface area contributed by atoms with Gasteiger partial charge in [-0.2, -0.15) is 0 Å². The zero-order valence-electron chi connectivity index (χ0n) is 11.0. The highest BCUT2D eigenvalue weighted by Crippen LogP contribution is 2.17. The molecule has 0 aliphatic carbocycles. The monoisotopic (exact) mass is 277 g/mol. The molecule has 5 nitrogen and oxygen atoms in total. The Hall–Kier alpha value is -1.95. The van der Waals surface area contributed by atoms with Crippen LogP contribution in [0.15, 0.2) is 35.2 Å². The van der Waals surface area contributed by atoms with E-state index in [1.54, 1.807) is 51.1 Å². The van der Waals surface area contributed by atoms with Crippen molar-refractivity contribution in [3.63, 3.8) is 0 Å². The molecule has 1 heterocycles. The molecule has 1 aromatic heterocycles. The van der Waals surface area contributed by atoms with E-state index in [1.807, 2.05) is 0 Å². The molecule has 6 heteroatoms. The lowest BCUT2D eigenvalue weighted by Crippen LogP contribution is -2.16. The van der Waals surface area contributed by atoms with Crippen LogP contribution in [-0.4, -0.2) is 18.4 Å². The maximum absolute atomic E-state index is 12.3. The molecule has 1 N–H and O–H groups in total. The third-order valence-corrected chi connectivity index (χ3v) is 4.08. The minimum Gasteiger partial charge on any atom is -0.247 e. The summed E-state index contributed by atoms with van der Waals surface area (Å²) in [5.74, 6) is 0.0979. The molecule has 0 saturated heterocycles. The Labute approximate surface area is 112 Å². The fourth-order valence-corrected chi connectivity index (χ4v) is 3.00. The van der Waals surface area contributed by atoms with Gasteiger partial charge in [-0.1, -0.05) is 18.2 Å². The lowest BCUT2D eigenvalue weighted by molar-refractivity contribution is 0.600. The highest BCUT2D eigenvalue weighted by Gasteiger charge is 2.17. The van der Waals surface area contributed by atoms with Gasteiger partial charge in [0.15, 0.2) is 0 Å². The first-order chi connectivity index (χ1) is 8.88. The first-order valence-corrected chi connectivity index (χ1v) is 7.27. The van der Waals surface area contributed by atoms with Gasteiger partial charge in [0.25, 0.3) is 10.0 Å². The molecule has 0 bridgehead atoms. The maximum atomic E-state index is 12.3. The molecule has 19 heavy (non-hydrogen) atoms. The fraction of sp³-hybridized carbons (Fsp3) is 0.231. The summed E-state index contributed by atoms with van der Waals surface area (Å²) in [6, 6.07) is 8.56. The molecule has 0 saturated carbocycles. The van der Waals surface area contributed by atoms with Crippen LogP contribution in [-0.2, 0) is 10.0 Å².